The molecule has 0 aromatic heterocycles. The van der Waals surface area contributed by atoms with Crippen molar-refractivity contribution in [3.8, 4) is 0 Å². The molecule has 1 fully saturated rings. The fourth-order valence-corrected chi connectivity index (χ4v) is 2.13. The van der Waals surface area contributed by atoms with Gasteiger partial charge < -0.3 is 9.47 Å². The van der Waals surface area contributed by atoms with Crippen molar-refractivity contribution in [1.29, 1.82) is 0 Å². The standard InChI is InChI=1S/C13H12O3/c1-2-15-13(14)10-7-8-5-3-4-6-9(8)11-12(10)16-11/h3-7,11-12H,2H2,1H3/t11-,12+/m1/s1. The van der Waals surface area contributed by atoms with Gasteiger partial charge in [-0.05, 0) is 24.1 Å². The first-order valence-electron chi connectivity index (χ1n) is 5.44. The molecular formula is C13H12O3. The number of esters is 1. The summed E-state index contributed by atoms with van der Waals surface area (Å²) in [4.78, 5) is 11.7. The molecule has 82 valence electrons. The van der Waals surface area contributed by atoms with E-state index in [-0.39, 0.29) is 18.2 Å². The van der Waals surface area contributed by atoms with Crippen molar-refractivity contribution in [3.05, 3.63) is 41.0 Å². The molecule has 16 heavy (non-hydrogen) atoms. The number of fused-ring (bicyclic) bond motifs is 3. The van der Waals surface area contributed by atoms with Gasteiger partial charge in [0.25, 0.3) is 0 Å². The third-order valence-electron chi connectivity index (χ3n) is 2.92. The maximum atomic E-state index is 11.7. The van der Waals surface area contributed by atoms with E-state index in [9.17, 15) is 4.79 Å². The Balaban J connectivity index is 1.98. The minimum Gasteiger partial charge on any atom is -0.463 e. The largest absolute Gasteiger partial charge is 0.463 e. The van der Waals surface area contributed by atoms with Crippen molar-refractivity contribution in [3.63, 3.8) is 0 Å². The summed E-state index contributed by atoms with van der Waals surface area (Å²) in [5.74, 6) is -0.260. The highest BCUT2D eigenvalue weighted by molar-refractivity contribution is 5.97. The van der Waals surface area contributed by atoms with Gasteiger partial charge in [0.1, 0.15) is 12.2 Å². The fourth-order valence-electron chi connectivity index (χ4n) is 2.13. The molecular weight excluding hydrogens is 204 g/mol. The Morgan fingerprint density at radius 2 is 2.19 bits per heavy atom. The quantitative estimate of drug-likeness (QED) is 0.561. The second-order valence-electron chi connectivity index (χ2n) is 3.93. The molecule has 1 saturated heterocycles. The van der Waals surface area contributed by atoms with Crippen LogP contribution in [0.15, 0.2) is 29.8 Å². The van der Waals surface area contributed by atoms with E-state index in [1.165, 1.54) is 5.56 Å². The van der Waals surface area contributed by atoms with Crippen LogP contribution in [-0.4, -0.2) is 18.7 Å². The molecule has 0 spiro atoms. The van der Waals surface area contributed by atoms with Crippen LogP contribution in [0.25, 0.3) is 6.08 Å². The normalized spacial score (nSPS) is 25.2. The monoisotopic (exact) mass is 216 g/mol. The molecule has 0 bridgehead atoms. The van der Waals surface area contributed by atoms with Crippen molar-refractivity contribution in [2.24, 2.45) is 0 Å². The van der Waals surface area contributed by atoms with E-state index >= 15 is 0 Å². The molecule has 3 rings (SSSR count). The van der Waals surface area contributed by atoms with Gasteiger partial charge in [-0.1, -0.05) is 24.3 Å². The van der Waals surface area contributed by atoms with E-state index in [1.807, 2.05) is 30.3 Å². The number of ether oxygens (including phenoxy) is 2. The summed E-state index contributed by atoms with van der Waals surface area (Å²) >= 11 is 0. The zero-order valence-electron chi connectivity index (χ0n) is 8.97. The number of benzene rings is 1. The molecule has 2 atom stereocenters. The number of carbonyl (C=O) groups excluding carboxylic acids is 1. The van der Waals surface area contributed by atoms with E-state index in [2.05, 4.69) is 0 Å². The average Bonchev–Trinajstić information content (AvgIpc) is 3.08. The summed E-state index contributed by atoms with van der Waals surface area (Å²) in [7, 11) is 0. The van der Waals surface area contributed by atoms with Crippen molar-refractivity contribution in [2.75, 3.05) is 6.61 Å². The van der Waals surface area contributed by atoms with Gasteiger partial charge in [0.05, 0.1) is 12.2 Å². The summed E-state index contributed by atoms with van der Waals surface area (Å²) < 4.78 is 10.5. The van der Waals surface area contributed by atoms with E-state index in [0.29, 0.717) is 12.2 Å². The van der Waals surface area contributed by atoms with Gasteiger partial charge in [0, 0.05) is 0 Å². The topological polar surface area (TPSA) is 38.8 Å². The van der Waals surface area contributed by atoms with Crippen LogP contribution in [0.5, 0.6) is 0 Å². The van der Waals surface area contributed by atoms with Gasteiger partial charge in [0.15, 0.2) is 0 Å². The summed E-state index contributed by atoms with van der Waals surface area (Å²) in [6.07, 6.45) is 1.84. The Kier molecular flexibility index (Phi) is 2.07. The van der Waals surface area contributed by atoms with Crippen molar-refractivity contribution in [1.82, 2.24) is 0 Å². The smallest absolute Gasteiger partial charge is 0.336 e. The zero-order valence-corrected chi connectivity index (χ0v) is 8.97. The molecule has 0 saturated carbocycles. The number of hydrogen-bond acceptors (Lipinski definition) is 3. The Morgan fingerprint density at radius 1 is 1.38 bits per heavy atom. The number of rotatable bonds is 2. The van der Waals surface area contributed by atoms with E-state index in [0.717, 1.165) is 5.56 Å². The third kappa shape index (κ3) is 1.36. The predicted octanol–water partition coefficient (Wildman–Crippen LogP) is 2.09. The minimum atomic E-state index is -0.260. The van der Waals surface area contributed by atoms with Crippen LogP contribution in [-0.2, 0) is 14.3 Å². The first kappa shape index (κ1) is 9.60. The molecule has 1 aliphatic heterocycles. The Morgan fingerprint density at radius 3 is 3.00 bits per heavy atom. The maximum Gasteiger partial charge on any atom is 0.336 e. The first-order chi connectivity index (χ1) is 7.81. The minimum absolute atomic E-state index is 0.0561. The van der Waals surface area contributed by atoms with Crippen molar-refractivity contribution in [2.45, 2.75) is 19.1 Å². The van der Waals surface area contributed by atoms with Crippen LogP contribution in [0.4, 0.5) is 0 Å². The predicted molar refractivity (Wildman–Crippen MR) is 58.7 cm³/mol. The fraction of sp³-hybridized carbons (Fsp3) is 0.308. The molecule has 0 N–H and O–H groups in total. The number of carbonyl (C=O) groups is 1. The lowest BCUT2D eigenvalue weighted by molar-refractivity contribution is -0.138. The summed E-state index contributed by atoms with van der Waals surface area (Å²) in [5, 5.41) is 0. The summed E-state index contributed by atoms with van der Waals surface area (Å²) in [6, 6.07) is 7.98. The van der Waals surface area contributed by atoms with Crippen LogP contribution in [0.3, 0.4) is 0 Å². The van der Waals surface area contributed by atoms with Gasteiger partial charge in [-0.3, -0.25) is 0 Å². The van der Waals surface area contributed by atoms with Gasteiger partial charge >= 0.3 is 5.97 Å². The third-order valence-corrected chi connectivity index (χ3v) is 2.92. The lowest BCUT2D eigenvalue weighted by Gasteiger charge is -2.11. The molecule has 0 radical (unpaired) electrons. The summed E-state index contributed by atoms with van der Waals surface area (Å²) in [5.41, 5.74) is 2.87. The average molecular weight is 216 g/mol. The SMILES string of the molecule is CCOC(=O)C1=Cc2ccccc2[C@H]2O[C@@H]12. The lowest BCUT2D eigenvalue weighted by Crippen LogP contribution is -2.14. The second-order valence-corrected chi connectivity index (χ2v) is 3.93. The highest BCUT2D eigenvalue weighted by Gasteiger charge is 2.49. The molecule has 0 amide bonds. The Bertz CT molecular complexity index is 476. The molecule has 2 aliphatic rings. The Hall–Kier alpha value is -1.61. The first-order valence-corrected chi connectivity index (χ1v) is 5.44. The number of epoxide rings is 1. The van der Waals surface area contributed by atoms with Gasteiger partial charge in [-0.15, -0.1) is 0 Å². The molecule has 1 aromatic rings. The van der Waals surface area contributed by atoms with Gasteiger partial charge in [0.2, 0.25) is 0 Å². The van der Waals surface area contributed by atoms with Crippen LogP contribution in [0.1, 0.15) is 24.2 Å². The van der Waals surface area contributed by atoms with Crippen LogP contribution in [0, 0.1) is 0 Å². The molecule has 3 heteroatoms. The van der Waals surface area contributed by atoms with E-state index in [4.69, 9.17) is 9.47 Å². The highest BCUT2D eigenvalue weighted by atomic mass is 16.6. The summed E-state index contributed by atoms with van der Waals surface area (Å²) in [6.45, 7) is 2.20. The van der Waals surface area contributed by atoms with Crippen molar-refractivity contribution >= 4 is 12.0 Å². The lowest BCUT2D eigenvalue weighted by atomic mass is 9.92. The van der Waals surface area contributed by atoms with Gasteiger partial charge in [-0.2, -0.15) is 0 Å². The second kappa shape index (κ2) is 3.46. The van der Waals surface area contributed by atoms with Crippen LogP contribution in [0.2, 0.25) is 0 Å². The van der Waals surface area contributed by atoms with Gasteiger partial charge in [-0.25, -0.2) is 4.79 Å². The van der Waals surface area contributed by atoms with Crippen LogP contribution >= 0.6 is 0 Å². The van der Waals surface area contributed by atoms with E-state index in [1.54, 1.807) is 6.92 Å². The number of hydrogen-bond donors (Lipinski definition) is 0. The van der Waals surface area contributed by atoms with Crippen molar-refractivity contribution < 1.29 is 14.3 Å². The highest BCUT2D eigenvalue weighted by Crippen LogP contribution is 2.48. The molecule has 0 unspecified atom stereocenters. The molecule has 1 aromatic carbocycles. The molecule has 1 aliphatic carbocycles. The van der Waals surface area contributed by atoms with E-state index < -0.39 is 0 Å². The maximum absolute atomic E-state index is 11.7. The van der Waals surface area contributed by atoms with Crippen LogP contribution < -0.4 is 0 Å². The molecule has 3 nitrogen and oxygen atoms in total. The molecule has 1 heterocycles. The zero-order chi connectivity index (χ0) is 11.1. The Labute approximate surface area is 93.7 Å².